The molecule has 2 heterocycles. The number of rotatable bonds is 6. The molecule has 0 bridgehead atoms. The number of nitrogens with zero attached hydrogens (tertiary/aromatic N) is 5. The molecule has 0 aliphatic rings. The molecule has 7 nitrogen and oxygen atoms in total. The zero-order valence-electron chi connectivity index (χ0n) is 15.5. The van der Waals surface area contributed by atoms with Crippen LogP contribution in [-0.4, -0.2) is 25.3 Å². The van der Waals surface area contributed by atoms with Crippen molar-refractivity contribution >= 4 is 5.96 Å². The lowest BCUT2D eigenvalue weighted by Gasteiger charge is -2.12. The molecule has 0 saturated heterocycles. The van der Waals surface area contributed by atoms with Crippen LogP contribution in [0.4, 0.5) is 0 Å². The maximum atomic E-state index is 4.70. The van der Waals surface area contributed by atoms with Crippen molar-refractivity contribution in [2.24, 2.45) is 19.1 Å². The van der Waals surface area contributed by atoms with Crippen LogP contribution in [-0.2, 0) is 33.7 Å². The Morgan fingerprint density at radius 3 is 2.42 bits per heavy atom. The molecule has 2 aromatic heterocycles. The molecule has 0 aliphatic carbocycles. The fraction of sp³-hybridized carbons (Fsp3) is 0.316. The highest BCUT2D eigenvalue weighted by atomic mass is 15.3. The highest BCUT2D eigenvalue weighted by Crippen LogP contribution is 2.02. The summed E-state index contributed by atoms with van der Waals surface area (Å²) in [6.07, 6.45) is 4.10. The van der Waals surface area contributed by atoms with Crippen molar-refractivity contribution < 1.29 is 0 Å². The lowest BCUT2D eigenvalue weighted by molar-refractivity contribution is 0.714. The quantitative estimate of drug-likeness (QED) is 0.526. The molecule has 136 valence electrons. The van der Waals surface area contributed by atoms with E-state index in [1.54, 1.807) is 0 Å². The van der Waals surface area contributed by atoms with Crippen LogP contribution in [0.3, 0.4) is 0 Å². The van der Waals surface area contributed by atoms with E-state index in [4.69, 9.17) is 4.99 Å². The molecule has 0 unspecified atom stereocenters. The fourth-order valence-electron chi connectivity index (χ4n) is 2.55. The van der Waals surface area contributed by atoms with E-state index in [9.17, 15) is 0 Å². The van der Waals surface area contributed by atoms with Crippen molar-refractivity contribution in [3.8, 4) is 0 Å². The van der Waals surface area contributed by atoms with Crippen LogP contribution < -0.4 is 10.6 Å². The van der Waals surface area contributed by atoms with Gasteiger partial charge in [-0.05, 0) is 24.1 Å². The number of hydrogen-bond acceptors (Lipinski definition) is 3. The number of benzene rings is 1. The highest BCUT2D eigenvalue weighted by molar-refractivity contribution is 5.79. The summed E-state index contributed by atoms with van der Waals surface area (Å²) in [5.74, 6) is 2.51. The van der Waals surface area contributed by atoms with Crippen molar-refractivity contribution in [1.29, 1.82) is 0 Å². The van der Waals surface area contributed by atoms with Gasteiger partial charge in [0, 0.05) is 33.0 Å². The lowest BCUT2D eigenvalue weighted by Crippen LogP contribution is -2.37. The first-order chi connectivity index (χ1) is 12.6. The normalized spacial score (nSPS) is 11.6. The molecule has 7 heteroatoms. The molecule has 0 atom stereocenters. The minimum atomic E-state index is 0.562. The van der Waals surface area contributed by atoms with Crippen LogP contribution in [0.15, 0.2) is 53.8 Å². The van der Waals surface area contributed by atoms with Gasteiger partial charge in [0.1, 0.15) is 5.82 Å². The summed E-state index contributed by atoms with van der Waals surface area (Å²) >= 11 is 0. The third-order valence-corrected chi connectivity index (χ3v) is 4.21. The van der Waals surface area contributed by atoms with Crippen LogP contribution in [0.5, 0.6) is 0 Å². The molecule has 26 heavy (non-hydrogen) atoms. The van der Waals surface area contributed by atoms with Crippen LogP contribution in [0, 0.1) is 6.92 Å². The number of guanidine groups is 1. The van der Waals surface area contributed by atoms with Crippen molar-refractivity contribution in [3.63, 3.8) is 0 Å². The van der Waals surface area contributed by atoms with Gasteiger partial charge in [0.2, 0.25) is 0 Å². The summed E-state index contributed by atoms with van der Waals surface area (Å²) in [4.78, 5) is 4.70. The SMILES string of the molecule is Cc1nnc(CNC(=NCc2ccn(C)c2)NCc2ccccc2)n1C. The van der Waals surface area contributed by atoms with Crippen LogP contribution >= 0.6 is 0 Å². The summed E-state index contributed by atoms with van der Waals surface area (Å²) in [5, 5.41) is 15.0. The minimum absolute atomic E-state index is 0.562. The second kappa shape index (κ2) is 8.33. The molecule has 0 amide bonds. The van der Waals surface area contributed by atoms with Gasteiger partial charge < -0.3 is 19.8 Å². The van der Waals surface area contributed by atoms with E-state index >= 15 is 0 Å². The van der Waals surface area contributed by atoms with Crippen molar-refractivity contribution in [3.05, 3.63) is 71.6 Å². The van der Waals surface area contributed by atoms with E-state index in [1.165, 1.54) is 11.1 Å². The van der Waals surface area contributed by atoms with Gasteiger partial charge in [-0.2, -0.15) is 0 Å². The Morgan fingerprint density at radius 2 is 1.77 bits per heavy atom. The maximum Gasteiger partial charge on any atom is 0.192 e. The van der Waals surface area contributed by atoms with E-state index in [2.05, 4.69) is 45.2 Å². The van der Waals surface area contributed by atoms with Gasteiger partial charge in [-0.3, -0.25) is 0 Å². The highest BCUT2D eigenvalue weighted by Gasteiger charge is 2.06. The van der Waals surface area contributed by atoms with Gasteiger partial charge in [0.05, 0.1) is 13.1 Å². The Hall–Kier alpha value is -3.09. The topological polar surface area (TPSA) is 72.1 Å². The number of aromatic nitrogens is 4. The first-order valence-electron chi connectivity index (χ1n) is 8.63. The van der Waals surface area contributed by atoms with Gasteiger partial charge in [-0.1, -0.05) is 30.3 Å². The first-order valence-corrected chi connectivity index (χ1v) is 8.63. The summed E-state index contributed by atoms with van der Waals surface area (Å²) in [5.41, 5.74) is 2.37. The van der Waals surface area contributed by atoms with E-state index in [0.29, 0.717) is 19.6 Å². The molecule has 0 saturated carbocycles. The smallest absolute Gasteiger partial charge is 0.192 e. The predicted molar refractivity (Wildman–Crippen MR) is 102 cm³/mol. The van der Waals surface area contributed by atoms with Crippen LogP contribution in [0.2, 0.25) is 0 Å². The average Bonchev–Trinajstić information content (AvgIpc) is 3.21. The van der Waals surface area contributed by atoms with Gasteiger partial charge in [0.25, 0.3) is 0 Å². The largest absolute Gasteiger partial charge is 0.357 e. The van der Waals surface area contributed by atoms with Gasteiger partial charge in [0.15, 0.2) is 11.8 Å². The Kier molecular flexibility index (Phi) is 5.68. The van der Waals surface area contributed by atoms with Crippen molar-refractivity contribution in [2.75, 3.05) is 0 Å². The van der Waals surface area contributed by atoms with E-state index in [1.807, 2.05) is 54.5 Å². The summed E-state index contributed by atoms with van der Waals surface area (Å²) in [6, 6.07) is 12.3. The zero-order chi connectivity index (χ0) is 18.4. The standard InChI is InChI=1S/C19H25N7/c1-15-23-24-18(26(15)3)13-22-19(20-11-16-7-5-4-6-8-16)21-12-17-9-10-25(2)14-17/h4-10,14H,11-13H2,1-3H3,(H2,20,21,22). The lowest BCUT2D eigenvalue weighted by atomic mass is 10.2. The minimum Gasteiger partial charge on any atom is -0.357 e. The Labute approximate surface area is 153 Å². The number of nitrogens with one attached hydrogen (secondary N) is 2. The molecule has 0 fully saturated rings. The zero-order valence-corrected chi connectivity index (χ0v) is 15.5. The molecular weight excluding hydrogens is 326 g/mol. The molecule has 0 spiro atoms. The molecule has 1 aromatic carbocycles. The number of hydrogen-bond donors (Lipinski definition) is 2. The fourth-order valence-corrected chi connectivity index (χ4v) is 2.55. The summed E-state index contributed by atoms with van der Waals surface area (Å²) in [6.45, 7) is 3.82. The summed E-state index contributed by atoms with van der Waals surface area (Å²) < 4.78 is 4.00. The third-order valence-electron chi connectivity index (χ3n) is 4.21. The molecule has 0 aliphatic heterocycles. The summed E-state index contributed by atoms with van der Waals surface area (Å²) in [7, 11) is 3.97. The van der Waals surface area contributed by atoms with Crippen LogP contribution in [0.1, 0.15) is 22.8 Å². The third kappa shape index (κ3) is 4.72. The Balaban J connectivity index is 1.66. The average molecular weight is 351 g/mol. The molecule has 0 radical (unpaired) electrons. The monoisotopic (exact) mass is 351 g/mol. The first kappa shape index (κ1) is 17.7. The molecule has 2 N–H and O–H groups in total. The molecule has 3 aromatic rings. The predicted octanol–water partition coefficient (Wildman–Crippen LogP) is 1.90. The van der Waals surface area contributed by atoms with Crippen LogP contribution in [0.25, 0.3) is 0 Å². The molecule has 3 rings (SSSR count). The van der Waals surface area contributed by atoms with Gasteiger partial charge in [-0.25, -0.2) is 4.99 Å². The second-order valence-electron chi connectivity index (χ2n) is 6.27. The Bertz CT molecular complexity index is 861. The van der Waals surface area contributed by atoms with Crippen molar-refractivity contribution in [2.45, 2.75) is 26.6 Å². The van der Waals surface area contributed by atoms with Gasteiger partial charge in [-0.15, -0.1) is 10.2 Å². The number of aryl methyl sites for hydroxylation is 2. The molecular formula is C19H25N7. The van der Waals surface area contributed by atoms with E-state index in [0.717, 1.165) is 17.6 Å². The van der Waals surface area contributed by atoms with Gasteiger partial charge >= 0.3 is 0 Å². The van der Waals surface area contributed by atoms with Crippen molar-refractivity contribution in [1.82, 2.24) is 30.0 Å². The van der Waals surface area contributed by atoms with E-state index in [-0.39, 0.29) is 0 Å². The second-order valence-corrected chi connectivity index (χ2v) is 6.27. The maximum absolute atomic E-state index is 4.70. The Morgan fingerprint density at radius 1 is 1.00 bits per heavy atom. The number of aliphatic imine (C=N–C) groups is 1. The van der Waals surface area contributed by atoms with E-state index < -0.39 is 0 Å².